The van der Waals surface area contributed by atoms with Crippen LogP contribution in [0.15, 0.2) is 96.1 Å². The molecule has 2 aliphatic rings. The second kappa shape index (κ2) is 16.7. The predicted molar refractivity (Wildman–Crippen MR) is 168 cm³/mol. The fraction of sp³-hybridized carbons (Fsp3) is 0.457. The molecule has 0 bridgehead atoms. The maximum Gasteiger partial charge on any atom is 0.308 e. The van der Waals surface area contributed by atoms with E-state index in [4.69, 9.17) is 28.4 Å². The Morgan fingerprint density at radius 1 is 0.804 bits per heavy atom. The third kappa shape index (κ3) is 8.71. The van der Waals surface area contributed by atoms with Gasteiger partial charge in [0.15, 0.2) is 6.29 Å². The van der Waals surface area contributed by atoms with E-state index in [1.807, 2.05) is 97.9 Å². The molecule has 5 rings (SSSR count). The largest absolute Gasteiger partial charge is 0.469 e. The molecule has 11 nitrogen and oxygen atoms in total. The van der Waals surface area contributed by atoms with Crippen LogP contribution in [0.2, 0.25) is 0 Å². The smallest absolute Gasteiger partial charge is 0.308 e. The van der Waals surface area contributed by atoms with Crippen LogP contribution in [0.25, 0.3) is 10.4 Å². The van der Waals surface area contributed by atoms with E-state index < -0.39 is 60.8 Å². The molecule has 2 fully saturated rings. The molecular weight excluding hydrogens is 590 g/mol. The van der Waals surface area contributed by atoms with Crippen molar-refractivity contribution in [2.24, 2.45) is 11.0 Å². The minimum absolute atomic E-state index is 0.0867. The Hall–Kier alpha value is -3.80. The quantitative estimate of drug-likeness (QED) is 0.113. The summed E-state index contributed by atoms with van der Waals surface area (Å²) in [6, 6.07) is 28.5. The molecule has 0 amide bonds. The molecule has 1 saturated carbocycles. The molecule has 1 aliphatic carbocycles. The number of aliphatic hydroxyl groups excluding tert-OH is 1. The summed E-state index contributed by atoms with van der Waals surface area (Å²) in [5, 5.41) is 15.1. The zero-order chi connectivity index (χ0) is 32.3. The standard InChI is InChI=1S/C35H41N3O8/c1-23-30(42-20-24-12-6-3-7-13-24)32(43-21-25-14-8-4-9-15-25)33(44-22-26-16-10-5-11-17-26)35(45-23)46-31-28(37-38-36)18-27(19-29(31)39)34(40)41-2/h3-17,23,27-33,35,39H,18-22H2,1-2H3/t23?,27?,28?,29-,30-,31?,32?,33?,35+/m1/s1. The van der Waals surface area contributed by atoms with Gasteiger partial charge in [0, 0.05) is 4.91 Å². The lowest BCUT2D eigenvalue weighted by Gasteiger charge is -2.47. The number of ether oxygens (including phenoxy) is 6. The number of aliphatic hydroxyl groups is 1. The average molecular weight is 632 g/mol. The SMILES string of the molecule is COC(=O)C1CC(N=[N+]=[N-])C(O[C@@H]2OC(C)[C@@H](OCc3ccccc3)C(OCc3ccccc3)C2OCc2ccccc2)[C@H](O)C1. The fourth-order valence-electron chi connectivity index (χ4n) is 6.06. The third-order valence-corrected chi connectivity index (χ3v) is 8.42. The van der Waals surface area contributed by atoms with Crippen molar-refractivity contribution in [3.63, 3.8) is 0 Å². The van der Waals surface area contributed by atoms with E-state index >= 15 is 0 Å². The Bertz CT molecular complexity index is 1410. The third-order valence-electron chi connectivity index (χ3n) is 8.42. The second-order valence-corrected chi connectivity index (χ2v) is 11.6. The van der Waals surface area contributed by atoms with Gasteiger partial charge in [0.1, 0.15) is 18.3 Å². The van der Waals surface area contributed by atoms with E-state index in [0.29, 0.717) is 6.61 Å². The number of azide groups is 1. The van der Waals surface area contributed by atoms with Crippen molar-refractivity contribution in [2.75, 3.05) is 7.11 Å². The van der Waals surface area contributed by atoms with Crippen LogP contribution in [0.4, 0.5) is 0 Å². The summed E-state index contributed by atoms with van der Waals surface area (Å²) in [6.07, 6.45) is -5.38. The summed E-state index contributed by atoms with van der Waals surface area (Å²) >= 11 is 0. The second-order valence-electron chi connectivity index (χ2n) is 11.6. The molecule has 0 radical (unpaired) electrons. The molecular formula is C35H41N3O8. The van der Waals surface area contributed by atoms with Crippen molar-refractivity contribution < 1.29 is 38.3 Å². The van der Waals surface area contributed by atoms with Gasteiger partial charge >= 0.3 is 5.97 Å². The van der Waals surface area contributed by atoms with Gasteiger partial charge in [-0.2, -0.15) is 0 Å². The fourth-order valence-corrected chi connectivity index (χ4v) is 6.06. The first-order valence-electron chi connectivity index (χ1n) is 15.5. The first kappa shape index (κ1) is 33.6. The Kier molecular flexibility index (Phi) is 12.2. The molecule has 244 valence electrons. The molecule has 11 heteroatoms. The molecule has 1 heterocycles. The Labute approximate surface area is 269 Å². The van der Waals surface area contributed by atoms with Gasteiger partial charge in [-0.25, -0.2) is 0 Å². The van der Waals surface area contributed by atoms with Gasteiger partial charge in [-0.05, 0) is 42.0 Å². The zero-order valence-electron chi connectivity index (χ0n) is 26.0. The lowest BCUT2D eigenvalue weighted by Crippen LogP contribution is -2.62. The molecule has 1 N–H and O–H groups in total. The molecule has 46 heavy (non-hydrogen) atoms. The maximum atomic E-state index is 12.3. The Morgan fingerprint density at radius 3 is 1.80 bits per heavy atom. The lowest BCUT2D eigenvalue weighted by atomic mass is 9.82. The number of carbonyl (C=O) groups is 1. The molecule has 1 saturated heterocycles. The first-order chi connectivity index (χ1) is 22.5. The predicted octanol–water partition coefficient (Wildman–Crippen LogP) is 5.50. The van der Waals surface area contributed by atoms with Crippen molar-refractivity contribution in [1.82, 2.24) is 0 Å². The number of rotatable bonds is 13. The number of carbonyl (C=O) groups excluding carboxylic acids is 1. The lowest BCUT2D eigenvalue weighted by molar-refractivity contribution is -0.336. The van der Waals surface area contributed by atoms with E-state index in [1.54, 1.807) is 0 Å². The van der Waals surface area contributed by atoms with E-state index in [9.17, 15) is 15.4 Å². The minimum Gasteiger partial charge on any atom is -0.469 e. The molecule has 9 atom stereocenters. The molecule has 1 aliphatic heterocycles. The summed E-state index contributed by atoms with van der Waals surface area (Å²) in [5.41, 5.74) is 12.2. The first-order valence-corrected chi connectivity index (χ1v) is 15.5. The van der Waals surface area contributed by atoms with E-state index in [0.717, 1.165) is 16.7 Å². The van der Waals surface area contributed by atoms with Crippen molar-refractivity contribution in [3.05, 3.63) is 118 Å². The van der Waals surface area contributed by atoms with Gasteiger partial charge in [0.05, 0.1) is 57.2 Å². The van der Waals surface area contributed by atoms with Gasteiger partial charge in [-0.1, -0.05) is 96.1 Å². The molecule has 0 spiro atoms. The van der Waals surface area contributed by atoms with Crippen LogP contribution in [0, 0.1) is 5.92 Å². The Balaban J connectivity index is 1.44. The molecule has 3 aromatic rings. The highest BCUT2D eigenvalue weighted by atomic mass is 16.7. The van der Waals surface area contributed by atoms with Crippen LogP contribution in [0.1, 0.15) is 36.5 Å². The van der Waals surface area contributed by atoms with Crippen LogP contribution >= 0.6 is 0 Å². The highest BCUT2D eigenvalue weighted by Gasteiger charge is 2.50. The van der Waals surface area contributed by atoms with Crippen molar-refractivity contribution in [1.29, 1.82) is 0 Å². The summed E-state index contributed by atoms with van der Waals surface area (Å²) in [5.74, 6) is -1.11. The number of methoxy groups -OCH3 is 1. The summed E-state index contributed by atoms with van der Waals surface area (Å²) < 4.78 is 37.5. The van der Waals surface area contributed by atoms with Gasteiger partial charge in [-0.3, -0.25) is 4.79 Å². The highest BCUT2D eigenvalue weighted by Crippen LogP contribution is 2.36. The number of hydrogen-bond donors (Lipinski definition) is 1. The van der Waals surface area contributed by atoms with Crippen molar-refractivity contribution in [3.8, 4) is 0 Å². The number of hydrogen-bond acceptors (Lipinski definition) is 9. The minimum atomic E-state index is -1.13. The maximum absolute atomic E-state index is 12.3. The highest BCUT2D eigenvalue weighted by molar-refractivity contribution is 5.72. The van der Waals surface area contributed by atoms with E-state index in [-0.39, 0.29) is 26.1 Å². The Morgan fingerprint density at radius 2 is 1.30 bits per heavy atom. The van der Waals surface area contributed by atoms with Crippen LogP contribution in [-0.2, 0) is 53.0 Å². The average Bonchev–Trinajstić information content (AvgIpc) is 3.08. The normalized spacial score (nSPS) is 29.4. The van der Waals surface area contributed by atoms with E-state index in [1.165, 1.54) is 7.11 Å². The molecule has 6 unspecified atom stereocenters. The summed E-state index contributed by atoms with van der Waals surface area (Å²) in [4.78, 5) is 15.3. The van der Waals surface area contributed by atoms with Crippen molar-refractivity contribution in [2.45, 2.75) is 88.5 Å². The van der Waals surface area contributed by atoms with Gasteiger partial charge in [0.2, 0.25) is 0 Å². The number of benzene rings is 3. The topological polar surface area (TPSA) is 141 Å². The monoisotopic (exact) mass is 631 g/mol. The van der Waals surface area contributed by atoms with Crippen LogP contribution in [0.5, 0.6) is 0 Å². The summed E-state index contributed by atoms with van der Waals surface area (Å²) in [7, 11) is 1.29. The van der Waals surface area contributed by atoms with Crippen molar-refractivity contribution >= 4 is 5.97 Å². The van der Waals surface area contributed by atoms with Crippen LogP contribution in [-0.4, -0.2) is 67.1 Å². The van der Waals surface area contributed by atoms with Gasteiger partial charge in [-0.15, -0.1) is 0 Å². The number of esters is 1. The number of nitrogens with zero attached hydrogens (tertiary/aromatic N) is 3. The van der Waals surface area contributed by atoms with E-state index in [2.05, 4.69) is 10.0 Å². The van der Waals surface area contributed by atoms with Gasteiger partial charge in [0.25, 0.3) is 0 Å². The molecule has 3 aromatic carbocycles. The van der Waals surface area contributed by atoms with Crippen LogP contribution < -0.4 is 0 Å². The van der Waals surface area contributed by atoms with Gasteiger partial charge < -0.3 is 33.5 Å². The summed E-state index contributed by atoms with van der Waals surface area (Å²) in [6.45, 7) is 2.73. The van der Waals surface area contributed by atoms with Crippen LogP contribution in [0.3, 0.4) is 0 Å². The zero-order valence-corrected chi connectivity index (χ0v) is 26.0. The molecule has 0 aromatic heterocycles.